The van der Waals surface area contributed by atoms with Gasteiger partial charge < -0.3 is 10.2 Å². The summed E-state index contributed by atoms with van der Waals surface area (Å²) in [5.74, 6) is 1.26. The first-order chi connectivity index (χ1) is 19.4. The van der Waals surface area contributed by atoms with Gasteiger partial charge in [0, 0.05) is 34.3 Å². The van der Waals surface area contributed by atoms with Crippen molar-refractivity contribution in [3.05, 3.63) is 23.7 Å². The van der Waals surface area contributed by atoms with Crippen LogP contribution in [0.5, 0.6) is 0 Å². The van der Waals surface area contributed by atoms with E-state index in [0.29, 0.717) is 11.7 Å². The van der Waals surface area contributed by atoms with E-state index >= 15 is 0 Å². The maximum absolute atomic E-state index is 12.5. The minimum absolute atomic E-state index is 0.0513. The van der Waals surface area contributed by atoms with Crippen LogP contribution in [0.4, 0.5) is 0 Å². The van der Waals surface area contributed by atoms with Gasteiger partial charge in [0.1, 0.15) is 11.5 Å². The molecular formula is C35H66O5Ti. The quantitative estimate of drug-likeness (QED) is 0.0858. The Balaban J connectivity index is -0.000000664. The fourth-order valence-corrected chi connectivity index (χ4v) is 6.31. The molecule has 0 radical (unpaired) electrons. The Morgan fingerprint density at radius 3 is 1.07 bits per heavy atom. The van der Waals surface area contributed by atoms with Gasteiger partial charge in [0.05, 0.1) is 0 Å². The zero-order valence-corrected chi connectivity index (χ0v) is 30.5. The van der Waals surface area contributed by atoms with Gasteiger partial charge in [-0.25, -0.2) is 0 Å². The Hall–Kier alpha value is -1.07. The maximum atomic E-state index is 12.5. The number of aliphatic hydroxyl groups excluding tert-OH is 2. The van der Waals surface area contributed by atoms with Crippen molar-refractivity contribution in [2.75, 3.05) is 0 Å². The molecule has 0 bridgehead atoms. The first kappa shape index (κ1) is 44.4. The van der Waals surface area contributed by atoms with Crippen molar-refractivity contribution in [1.82, 2.24) is 0 Å². The van der Waals surface area contributed by atoms with Crippen LogP contribution in [-0.4, -0.2) is 21.8 Å². The summed E-state index contributed by atoms with van der Waals surface area (Å²) >= 11 is 0.750. The van der Waals surface area contributed by atoms with Crippen LogP contribution < -0.4 is 0 Å². The Kier molecular flexibility index (Phi) is 25.3. The molecule has 0 rings (SSSR count). The summed E-state index contributed by atoms with van der Waals surface area (Å²) in [5.41, 5.74) is -0.743. The normalized spacial score (nSPS) is 13.6. The van der Waals surface area contributed by atoms with Crippen LogP contribution in [0.15, 0.2) is 23.7 Å². The summed E-state index contributed by atoms with van der Waals surface area (Å²) in [6.45, 7) is 25.0. The molecule has 0 aliphatic heterocycles. The molecule has 0 saturated heterocycles. The Bertz CT molecular complexity index is 745. The van der Waals surface area contributed by atoms with Crippen molar-refractivity contribution in [1.29, 1.82) is 0 Å². The third-order valence-corrected chi connectivity index (χ3v) is 10.7. The summed E-state index contributed by atoms with van der Waals surface area (Å²) in [6.07, 6.45) is 13.7. The molecule has 5 nitrogen and oxygen atoms in total. The van der Waals surface area contributed by atoms with E-state index in [2.05, 4.69) is 83.1 Å². The third-order valence-electron chi connectivity index (χ3n) is 10.7. The van der Waals surface area contributed by atoms with Crippen LogP contribution in [0.1, 0.15) is 160 Å². The van der Waals surface area contributed by atoms with Crippen LogP contribution in [0.3, 0.4) is 0 Å². The van der Waals surface area contributed by atoms with Gasteiger partial charge in [-0.15, -0.1) is 0 Å². The molecule has 0 aromatic heterocycles. The van der Waals surface area contributed by atoms with E-state index < -0.39 is 0 Å². The van der Waals surface area contributed by atoms with Gasteiger partial charge in [-0.05, 0) is 70.1 Å². The average Bonchev–Trinajstić information content (AvgIpc) is 3.00. The number of aliphatic hydroxyl groups is 2. The second-order valence-electron chi connectivity index (χ2n) is 11.4. The molecule has 0 amide bonds. The molecule has 0 heterocycles. The van der Waals surface area contributed by atoms with Crippen LogP contribution in [0.2, 0.25) is 0 Å². The van der Waals surface area contributed by atoms with Crippen molar-refractivity contribution in [2.45, 2.75) is 160 Å². The topological polar surface area (TPSA) is 91.7 Å². The predicted octanol–water partition coefficient (Wildman–Crippen LogP) is 11.0. The van der Waals surface area contributed by atoms with E-state index in [0.717, 1.165) is 97.5 Å². The van der Waals surface area contributed by atoms with Gasteiger partial charge in [-0.2, -0.15) is 0 Å². The number of allylic oxidation sites excluding steroid dienone is 4. The summed E-state index contributed by atoms with van der Waals surface area (Å²) in [4.78, 5) is 25.0. The fraction of sp³-hybridized carbons (Fsp3) is 0.829. The molecule has 0 fully saturated rings. The summed E-state index contributed by atoms with van der Waals surface area (Å²) in [7, 11) is 0. The second kappa shape index (κ2) is 23.4. The van der Waals surface area contributed by atoms with Gasteiger partial charge >= 0.3 is 23.7 Å². The molecule has 0 aromatic carbocycles. The van der Waals surface area contributed by atoms with Crippen molar-refractivity contribution < 1.29 is 43.5 Å². The van der Waals surface area contributed by atoms with Crippen molar-refractivity contribution in [3.63, 3.8) is 0 Å². The molecule has 0 aliphatic rings. The number of rotatable bonds is 19. The van der Waals surface area contributed by atoms with Crippen LogP contribution in [0.25, 0.3) is 0 Å². The number of carbonyl (C=O) groups is 2. The number of ketones is 2. The molecule has 41 heavy (non-hydrogen) atoms. The SMILES string of the molecule is CCC(CC)(CC)C(=O)/C=C(\O)C(CC)(CC)CC.CCC(CC)C(CC)C(=O)/C=C(\O)C(CC)(CC)CC.[O]=[Ti]. The van der Waals surface area contributed by atoms with E-state index in [9.17, 15) is 19.8 Å². The second-order valence-corrected chi connectivity index (χ2v) is 11.4. The number of hydrogen-bond acceptors (Lipinski definition) is 5. The Labute approximate surface area is 266 Å². The summed E-state index contributed by atoms with van der Waals surface area (Å²) in [5, 5.41) is 20.9. The fourth-order valence-electron chi connectivity index (χ4n) is 6.31. The Morgan fingerprint density at radius 2 is 0.829 bits per heavy atom. The predicted molar refractivity (Wildman–Crippen MR) is 170 cm³/mol. The standard InChI is InChI=1S/C18H34O2.C17H32O2.O.Ti/c1-7-14(8-2)15(9-3)16(19)13-17(20)18(10-4,11-5)12-6;1-7-16(8-2,9-3)14(18)13-15(19)17(10-4,11-5)12-6;;/h13-15,20H,7-12H2,1-6H3;13,18H,7-12H2,1-6H3;;/b17-13-;14-13-;;. The third kappa shape index (κ3) is 12.2. The van der Waals surface area contributed by atoms with Gasteiger partial charge in [-0.1, -0.05) is 95.9 Å². The summed E-state index contributed by atoms with van der Waals surface area (Å²) in [6, 6.07) is 0. The molecule has 2 N–H and O–H groups in total. The van der Waals surface area contributed by atoms with Gasteiger partial charge in [0.25, 0.3) is 0 Å². The monoisotopic (exact) mass is 614 g/mol. The van der Waals surface area contributed by atoms with E-state index in [1.807, 2.05) is 0 Å². The Morgan fingerprint density at radius 1 is 0.537 bits per heavy atom. The van der Waals surface area contributed by atoms with Crippen molar-refractivity contribution in [2.24, 2.45) is 28.1 Å². The van der Waals surface area contributed by atoms with E-state index in [1.165, 1.54) is 12.2 Å². The molecule has 1 atom stereocenters. The first-order valence-corrected chi connectivity index (χ1v) is 17.1. The van der Waals surface area contributed by atoms with E-state index in [4.69, 9.17) is 3.32 Å². The number of carbonyl (C=O) groups excluding carboxylic acids is 2. The van der Waals surface area contributed by atoms with Crippen LogP contribution in [-0.2, 0) is 33.3 Å². The zero-order valence-electron chi connectivity index (χ0n) is 28.9. The van der Waals surface area contributed by atoms with Crippen LogP contribution >= 0.6 is 0 Å². The van der Waals surface area contributed by atoms with Gasteiger partial charge in [-0.3, -0.25) is 9.59 Å². The van der Waals surface area contributed by atoms with Crippen LogP contribution in [0, 0.1) is 28.1 Å². The molecule has 1 unspecified atom stereocenters. The molecule has 0 saturated carbocycles. The minimum atomic E-state index is -0.297. The molecular weight excluding hydrogens is 548 g/mol. The first-order valence-electron chi connectivity index (χ1n) is 16.5. The molecule has 0 aromatic rings. The van der Waals surface area contributed by atoms with E-state index in [-0.39, 0.29) is 39.5 Å². The van der Waals surface area contributed by atoms with Gasteiger partial charge in [0.15, 0.2) is 11.6 Å². The molecule has 6 heteroatoms. The van der Waals surface area contributed by atoms with Crippen molar-refractivity contribution >= 4 is 11.6 Å². The van der Waals surface area contributed by atoms with Crippen molar-refractivity contribution in [3.8, 4) is 0 Å². The summed E-state index contributed by atoms with van der Waals surface area (Å²) < 4.78 is 8.25. The molecule has 0 aliphatic carbocycles. The average molecular weight is 615 g/mol. The zero-order chi connectivity index (χ0) is 32.9. The molecule has 0 spiro atoms. The number of hydrogen-bond donors (Lipinski definition) is 2. The molecule has 240 valence electrons. The van der Waals surface area contributed by atoms with Gasteiger partial charge in [0.2, 0.25) is 0 Å². The van der Waals surface area contributed by atoms with E-state index in [1.54, 1.807) is 0 Å².